The Morgan fingerprint density at radius 1 is 1.10 bits per heavy atom. The largest absolute Gasteiger partial charge is 0.457 e. The molecule has 2 aromatic carbocycles. The molecule has 30 heavy (non-hydrogen) atoms. The Balaban J connectivity index is 1.41. The summed E-state index contributed by atoms with van der Waals surface area (Å²) in [5.74, 6) is 1.26. The van der Waals surface area contributed by atoms with Gasteiger partial charge in [-0.25, -0.2) is 4.68 Å². The van der Waals surface area contributed by atoms with Gasteiger partial charge in [0.25, 0.3) is 5.91 Å². The average Bonchev–Trinajstić information content (AvgIpc) is 3.33. The second kappa shape index (κ2) is 7.18. The maximum atomic E-state index is 12.2. The van der Waals surface area contributed by atoms with Crippen LogP contribution in [0.1, 0.15) is 35.7 Å². The summed E-state index contributed by atoms with van der Waals surface area (Å²) in [5, 5.41) is 8.16. The number of hydrogen-bond donors (Lipinski definition) is 3. The molecule has 2 heterocycles. The quantitative estimate of drug-likeness (QED) is 0.605. The molecular weight excluding hydrogens is 378 g/mol. The maximum Gasteiger partial charge on any atom is 0.254 e. The van der Waals surface area contributed by atoms with Crippen LogP contribution in [0.15, 0.2) is 54.6 Å². The zero-order valence-corrected chi connectivity index (χ0v) is 16.7. The van der Waals surface area contributed by atoms with Crippen molar-refractivity contribution >= 4 is 11.7 Å². The fourth-order valence-electron chi connectivity index (χ4n) is 4.73. The van der Waals surface area contributed by atoms with Gasteiger partial charge < -0.3 is 21.5 Å². The van der Waals surface area contributed by atoms with E-state index in [4.69, 9.17) is 21.3 Å². The summed E-state index contributed by atoms with van der Waals surface area (Å²) in [7, 11) is 0. The Bertz CT molecular complexity index is 1060. The van der Waals surface area contributed by atoms with E-state index in [9.17, 15) is 4.79 Å². The van der Waals surface area contributed by atoms with Gasteiger partial charge in [-0.2, -0.15) is 5.10 Å². The van der Waals surface area contributed by atoms with Crippen molar-refractivity contribution in [2.75, 3.05) is 18.8 Å². The van der Waals surface area contributed by atoms with E-state index in [1.54, 1.807) is 4.68 Å². The van der Waals surface area contributed by atoms with E-state index in [2.05, 4.69) is 5.32 Å². The lowest BCUT2D eigenvalue weighted by molar-refractivity contribution is 0.0774. The van der Waals surface area contributed by atoms with E-state index in [1.165, 1.54) is 6.42 Å². The van der Waals surface area contributed by atoms with Gasteiger partial charge in [-0.15, -0.1) is 0 Å². The first kappa shape index (κ1) is 18.7. The van der Waals surface area contributed by atoms with Gasteiger partial charge in [-0.1, -0.05) is 18.2 Å². The predicted octanol–water partition coefficient (Wildman–Crippen LogP) is 3.34. The first-order chi connectivity index (χ1) is 14.5. The number of carbonyl (C=O) groups excluding carboxylic acids is 1. The summed E-state index contributed by atoms with van der Waals surface area (Å²) in [6.45, 7) is 2.11. The molecule has 1 aliphatic carbocycles. The van der Waals surface area contributed by atoms with Crippen LogP contribution in [0.2, 0.25) is 0 Å². The molecule has 0 bridgehead atoms. The summed E-state index contributed by atoms with van der Waals surface area (Å²) in [6.07, 6.45) is 3.23. The summed E-state index contributed by atoms with van der Waals surface area (Å²) in [4.78, 5) is 12.2. The minimum absolute atomic E-state index is 0.206. The Labute approximate surface area is 175 Å². The number of para-hydroxylation sites is 1. The molecular formula is C23H25N5O2. The lowest BCUT2D eigenvalue weighted by Gasteiger charge is -2.45. The highest BCUT2D eigenvalue weighted by Crippen LogP contribution is 2.53. The van der Waals surface area contributed by atoms with Crippen LogP contribution >= 0.6 is 0 Å². The normalized spacial score (nSPS) is 22.7. The van der Waals surface area contributed by atoms with Crippen LogP contribution in [0.25, 0.3) is 11.3 Å². The van der Waals surface area contributed by atoms with Crippen LogP contribution < -0.4 is 21.5 Å². The van der Waals surface area contributed by atoms with Crippen LogP contribution in [0.4, 0.5) is 5.82 Å². The highest BCUT2D eigenvalue weighted by molar-refractivity contribution is 6.03. The number of anilines is 1. The monoisotopic (exact) mass is 403 g/mol. The zero-order chi connectivity index (χ0) is 20.7. The number of rotatable bonds is 5. The lowest BCUT2D eigenvalue weighted by Crippen LogP contribution is -2.40. The van der Waals surface area contributed by atoms with E-state index < -0.39 is 5.91 Å². The van der Waals surface area contributed by atoms with Gasteiger partial charge in [0, 0.05) is 12.1 Å². The Kier molecular flexibility index (Phi) is 4.47. The van der Waals surface area contributed by atoms with Gasteiger partial charge in [-0.05, 0) is 67.6 Å². The minimum Gasteiger partial charge on any atom is -0.457 e. The van der Waals surface area contributed by atoms with Crippen molar-refractivity contribution in [3.63, 3.8) is 0 Å². The van der Waals surface area contributed by atoms with Crippen LogP contribution in [0.5, 0.6) is 11.5 Å². The fourth-order valence-corrected chi connectivity index (χ4v) is 4.73. The second-order valence-corrected chi connectivity index (χ2v) is 8.35. The van der Waals surface area contributed by atoms with Crippen LogP contribution in [0, 0.1) is 5.41 Å². The molecule has 3 aromatic rings. The number of benzene rings is 2. The number of primary amides is 1. The molecule has 0 radical (unpaired) electrons. The molecule has 0 unspecified atom stereocenters. The number of aromatic nitrogens is 2. The Hall–Kier alpha value is -3.32. The lowest BCUT2D eigenvalue weighted by atomic mass is 9.65. The number of nitrogens with zero attached hydrogens (tertiary/aromatic N) is 2. The van der Waals surface area contributed by atoms with Crippen molar-refractivity contribution in [2.24, 2.45) is 11.1 Å². The molecule has 1 amide bonds. The van der Waals surface area contributed by atoms with Gasteiger partial charge in [0.05, 0.1) is 6.04 Å². The van der Waals surface area contributed by atoms with Crippen molar-refractivity contribution in [3.8, 4) is 22.8 Å². The fraction of sp³-hybridized carbons (Fsp3) is 0.304. The molecule has 7 nitrogen and oxygen atoms in total. The van der Waals surface area contributed by atoms with Gasteiger partial charge in [-0.3, -0.25) is 4.79 Å². The number of nitrogens with one attached hydrogen (secondary N) is 1. The van der Waals surface area contributed by atoms with E-state index in [0.717, 1.165) is 37.2 Å². The molecule has 1 saturated carbocycles. The summed E-state index contributed by atoms with van der Waals surface area (Å²) >= 11 is 0. The van der Waals surface area contributed by atoms with Gasteiger partial charge in [0.2, 0.25) is 0 Å². The molecule has 2 aliphatic rings. The summed E-state index contributed by atoms with van der Waals surface area (Å²) < 4.78 is 7.65. The van der Waals surface area contributed by atoms with Crippen molar-refractivity contribution < 1.29 is 9.53 Å². The molecule has 1 aliphatic heterocycles. The van der Waals surface area contributed by atoms with E-state index in [-0.39, 0.29) is 11.6 Å². The van der Waals surface area contributed by atoms with Crippen molar-refractivity contribution in [2.45, 2.75) is 25.3 Å². The molecule has 1 spiro atoms. The number of amides is 1. The molecule has 1 saturated heterocycles. The molecule has 2 fully saturated rings. The first-order valence-electron chi connectivity index (χ1n) is 10.3. The third kappa shape index (κ3) is 3.21. The molecule has 1 aromatic heterocycles. The Morgan fingerprint density at radius 2 is 1.80 bits per heavy atom. The second-order valence-electron chi connectivity index (χ2n) is 8.35. The molecule has 154 valence electrons. The van der Waals surface area contributed by atoms with Gasteiger partial charge >= 0.3 is 0 Å². The molecule has 7 heteroatoms. The predicted molar refractivity (Wildman–Crippen MR) is 115 cm³/mol. The highest BCUT2D eigenvalue weighted by atomic mass is 16.5. The Morgan fingerprint density at radius 3 is 2.43 bits per heavy atom. The van der Waals surface area contributed by atoms with Crippen LogP contribution in [0.3, 0.4) is 0 Å². The first-order valence-corrected chi connectivity index (χ1v) is 10.3. The van der Waals surface area contributed by atoms with Crippen LogP contribution in [-0.4, -0.2) is 28.8 Å². The summed E-state index contributed by atoms with van der Waals surface area (Å²) in [6, 6.07) is 17.2. The number of nitrogens with two attached hydrogens (primary N) is 2. The summed E-state index contributed by atoms with van der Waals surface area (Å²) in [5.41, 5.74) is 13.9. The third-order valence-corrected chi connectivity index (χ3v) is 6.32. The van der Waals surface area contributed by atoms with Gasteiger partial charge in [0.1, 0.15) is 28.6 Å². The molecule has 5 N–H and O–H groups in total. The number of ether oxygens (including phenoxy) is 1. The minimum atomic E-state index is -0.560. The standard InChI is InChI=1S/C23H25N5O2/c24-21-19(22(25)29)20(27-28(21)16-12-23(13-16)10-11-26-14-23)15-6-8-18(9-7-15)30-17-4-2-1-3-5-17/h1-9,16,26H,10-14,24H2,(H2,25,29). The molecule has 5 rings (SSSR count). The molecule has 0 atom stereocenters. The van der Waals surface area contributed by atoms with Crippen molar-refractivity contribution in [1.82, 2.24) is 15.1 Å². The van der Waals surface area contributed by atoms with Crippen molar-refractivity contribution in [3.05, 3.63) is 60.2 Å². The SMILES string of the molecule is NC(=O)c1c(-c2ccc(Oc3ccccc3)cc2)nn(C2CC3(CCNC3)C2)c1N. The zero-order valence-electron chi connectivity index (χ0n) is 16.7. The smallest absolute Gasteiger partial charge is 0.254 e. The maximum absolute atomic E-state index is 12.2. The van der Waals surface area contributed by atoms with Crippen molar-refractivity contribution in [1.29, 1.82) is 0 Å². The van der Waals surface area contributed by atoms with E-state index in [1.807, 2.05) is 54.6 Å². The van der Waals surface area contributed by atoms with Crippen LogP contribution in [-0.2, 0) is 0 Å². The number of nitrogen functional groups attached to an aromatic ring is 1. The number of hydrogen-bond acceptors (Lipinski definition) is 5. The average molecular weight is 403 g/mol. The van der Waals surface area contributed by atoms with E-state index >= 15 is 0 Å². The van der Waals surface area contributed by atoms with E-state index in [0.29, 0.717) is 22.7 Å². The number of carbonyl (C=O) groups is 1. The highest BCUT2D eigenvalue weighted by Gasteiger charge is 2.47. The van der Waals surface area contributed by atoms with Gasteiger partial charge in [0.15, 0.2) is 0 Å². The third-order valence-electron chi connectivity index (χ3n) is 6.32. The topological polar surface area (TPSA) is 108 Å².